The standard InChI is InChI=1S/C26H20O8/c27-17-9-19-13-29-23-5-1-2-6-24(23)30-14-20-10-18(28)12-22(34-20)16-32-26-8-4-3-7-25(26)31-15-21(11-17)33-19/h1-12H,13-16H2. The molecule has 8 nitrogen and oxygen atoms in total. The Bertz CT molecular complexity index is 1210. The van der Waals surface area contributed by atoms with Crippen LogP contribution >= 0.6 is 0 Å². The summed E-state index contributed by atoms with van der Waals surface area (Å²) in [5, 5.41) is 0. The fourth-order valence-electron chi connectivity index (χ4n) is 3.43. The summed E-state index contributed by atoms with van der Waals surface area (Å²) in [5.41, 5.74) is -0.444. The Hall–Kier alpha value is -4.46. The molecule has 0 fully saturated rings. The first-order chi connectivity index (χ1) is 16.6. The lowest BCUT2D eigenvalue weighted by atomic mass is 10.3. The highest BCUT2D eigenvalue weighted by Gasteiger charge is 2.12. The van der Waals surface area contributed by atoms with E-state index >= 15 is 0 Å². The van der Waals surface area contributed by atoms with Crippen molar-refractivity contribution in [3.63, 3.8) is 0 Å². The van der Waals surface area contributed by atoms with Crippen molar-refractivity contribution in [1.82, 2.24) is 0 Å². The van der Waals surface area contributed by atoms with Crippen LogP contribution in [-0.2, 0) is 26.4 Å². The van der Waals surface area contributed by atoms with E-state index in [1.54, 1.807) is 48.5 Å². The Kier molecular flexibility index (Phi) is 6.03. The van der Waals surface area contributed by atoms with Crippen molar-refractivity contribution < 1.29 is 27.8 Å². The SMILES string of the molecule is O=c1cc2oc(c1)COc1ccccc1OCc1cc(=O)cc(o1)COc1ccccc1OC2. The van der Waals surface area contributed by atoms with Gasteiger partial charge in [-0.15, -0.1) is 0 Å². The zero-order chi connectivity index (χ0) is 23.3. The number of rotatable bonds is 0. The van der Waals surface area contributed by atoms with Gasteiger partial charge in [-0.3, -0.25) is 9.59 Å². The van der Waals surface area contributed by atoms with Gasteiger partial charge in [0.1, 0.15) is 49.5 Å². The molecule has 4 aromatic rings. The quantitative estimate of drug-likeness (QED) is 0.385. The molecule has 0 unspecified atom stereocenters. The Labute approximate surface area is 193 Å². The van der Waals surface area contributed by atoms with Crippen molar-refractivity contribution in [3.05, 3.63) is 116 Å². The number of hydrogen-bond donors (Lipinski definition) is 0. The van der Waals surface area contributed by atoms with E-state index in [0.29, 0.717) is 46.0 Å². The zero-order valence-electron chi connectivity index (χ0n) is 18.0. The molecule has 0 spiro atoms. The van der Waals surface area contributed by atoms with Crippen LogP contribution in [0.2, 0.25) is 0 Å². The highest BCUT2D eigenvalue weighted by atomic mass is 16.5. The third-order valence-electron chi connectivity index (χ3n) is 4.92. The lowest BCUT2D eigenvalue weighted by Crippen LogP contribution is -2.09. The normalized spacial score (nSPS) is 13.4. The fourth-order valence-corrected chi connectivity index (χ4v) is 3.43. The van der Waals surface area contributed by atoms with Crippen molar-refractivity contribution in [3.8, 4) is 23.0 Å². The van der Waals surface area contributed by atoms with Crippen molar-refractivity contribution in [2.45, 2.75) is 26.4 Å². The smallest absolute Gasteiger partial charge is 0.185 e. The van der Waals surface area contributed by atoms with Crippen LogP contribution in [0.4, 0.5) is 0 Å². The molecule has 0 saturated carbocycles. The summed E-state index contributed by atoms with van der Waals surface area (Å²) in [6.45, 7) is 0.0306. The molecule has 0 amide bonds. The monoisotopic (exact) mass is 460 g/mol. The second kappa shape index (κ2) is 9.58. The van der Waals surface area contributed by atoms with Crippen LogP contribution in [0.5, 0.6) is 23.0 Å². The maximum Gasteiger partial charge on any atom is 0.185 e. The molecule has 5 rings (SSSR count). The minimum atomic E-state index is -0.222. The van der Waals surface area contributed by atoms with Gasteiger partial charge in [0.05, 0.1) is 0 Å². The molecule has 0 atom stereocenters. The summed E-state index contributed by atoms with van der Waals surface area (Å²) in [6, 6.07) is 19.6. The van der Waals surface area contributed by atoms with Crippen LogP contribution in [0.15, 0.2) is 91.2 Å². The first kappa shape index (κ1) is 21.4. The van der Waals surface area contributed by atoms with E-state index in [1.165, 1.54) is 24.3 Å². The summed E-state index contributed by atoms with van der Waals surface area (Å²) >= 11 is 0. The van der Waals surface area contributed by atoms with Gasteiger partial charge in [-0.25, -0.2) is 0 Å². The molecular weight excluding hydrogens is 440 g/mol. The van der Waals surface area contributed by atoms with Gasteiger partial charge < -0.3 is 27.8 Å². The van der Waals surface area contributed by atoms with E-state index in [2.05, 4.69) is 0 Å². The Morgan fingerprint density at radius 3 is 0.971 bits per heavy atom. The molecule has 2 aromatic carbocycles. The molecule has 34 heavy (non-hydrogen) atoms. The summed E-state index contributed by atoms with van der Waals surface area (Å²) in [5.74, 6) is 3.14. The lowest BCUT2D eigenvalue weighted by molar-refractivity contribution is 0.195. The third-order valence-corrected chi connectivity index (χ3v) is 4.92. The highest BCUT2D eigenvalue weighted by molar-refractivity contribution is 5.40. The van der Waals surface area contributed by atoms with Crippen LogP contribution in [0.3, 0.4) is 0 Å². The number of para-hydroxylation sites is 4. The summed E-state index contributed by atoms with van der Waals surface area (Å²) in [7, 11) is 0. The van der Waals surface area contributed by atoms with Gasteiger partial charge in [0.15, 0.2) is 33.9 Å². The second-order valence-corrected chi connectivity index (χ2v) is 7.50. The Morgan fingerprint density at radius 2 is 0.706 bits per heavy atom. The van der Waals surface area contributed by atoms with Gasteiger partial charge in [-0.05, 0) is 24.3 Å². The van der Waals surface area contributed by atoms with Gasteiger partial charge >= 0.3 is 0 Å². The minimum absolute atomic E-state index is 0.00766. The molecule has 172 valence electrons. The molecule has 2 aromatic heterocycles. The van der Waals surface area contributed by atoms with Gasteiger partial charge in [0.2, 0.25) is 0 Å². The van der Waals surface area contributed by atoms with Crippen LogP contribution in [-0.4, -0.2) is 0 Å². The van der Waals surface area contributed by atoms with Gasteiger partial charge in [-0.1, -0.05) is 24.3 Å². The van der Waals surface area contributed by atoms with E-state index in [-0.39, 0.29) is 37.3 Å². The molecule has 0 N–H and O–H groups in total. The van der Waals surface area contributed by atoms with Gasteiger partial charge in [0, 0.05) is 24.3 Å². The zero-order valence-corrected chi connectivity index (χ0v) is 18.0. The van der Waals surface area contributed by atoms with Gasteiger partial charge in [0.25, 0.3) is 0 Å². The summed E-state index contributed by atoms with van der Waals surface area (Å²) < 4.78 is 35.0. The van der Waals surface area contributed by atoms with Crippen LogP contribution in [0.1, 0.15) is 23.0 Å². The maximum atomic E-state index is 12.2. The van der Waals surface area contributed by atoms with E-state index in [4.69, 9.17) is 27.8 Å². The molecular formula is C26H20O8. The van der Waals surface area contributed by atoms with Crippen molar-refractivity contribution in [2.75, 3.05) is 0 Å². The first-order valence-electron chi connectivity index (χ1n) is 10.6. The number of hydrogen-bond acceptors (Lipinski definition) is 8. The number of fused-ring (bicyclic) bond motifs is 6. The van der Waals surface area contributed by atoms with Crippen molar-refractivity contribution in [1.29, 1.82) is 0 Å². The average Bonchev–Trinajstić information content (AvgIpc) is 2.83. The fraction of sp³-hybridized carbons (Fsp3) is 0.154. The largest absolute Gasteiger partial charge is 0.482 e. The lowest BCUT2D eigenvalue weighted by Gasteiger charge is -2.15. The highest BCUT2D eigenvalue weighted by Crippen LogP contribution is 2.30. The van der Waals surface area contributed by atoms with E-state index in [9.17, 15) is 9.59 Å². The number of ether oxygens (including phenoxy) is 4. The first-order valence-corrected chi connectivity index (χ1v) is 10.6. The second-order valence-electron chi connectivity index (χ2n) is 7.50. The van der Waals surface area contributed by atoms with Crippen molar-refractivity contribution in [2.24, 2.45) is 0 Å². The van der Waals surface area contributed by atoms with E-state index in [0.717, 1.165) is 0 Å². The Morgan fingerprint density at radius 1 is 0.441 bits per heavy atom. The van der Waals surface area contributed by atoms with E-state index < -0.39 is 0 Å². The third kappa shape index (κ3) is 5.12. The predicted octanol–water partition coefficient (Wildman–Crippen LogP) is 4.22. The van der Waals surface area contributed by atoms with Crippen molar-refractivity contribution >= 4 is 0 Å². The molecule has 1 aliphatic heterocycles. The van der Waals surface area contributed by atoms with Gasteiger partial charge in [-0.2, -0.15) is 0 Å². The van der Waals surface area contributed by atoms with Crippen LogP contribution < -0.4 is 29.8 Å². The molecule has 0 aliphatic carbocycles. The predicted molar refractivity (Wildman–Crippen MR) is 120 cm³/mol. The van der Waals surface area contributed by atoms with Crippen LogP contribution in [0, 0.1) is 0 Å². The maximum absolute atomic E-state index is 12.2. The van der Waals surface area contributed by atoms with Crippen LogP contribution in [0.25, 0.3) is 0 Å². The molecule has 1 aliphatic rings. The Balaban J connectivity index is 1.51. The molecule has 0 radical (unpaired) electrons. The summed E-state index contributed by atoms with van der Waals surface area (Å²) in [6.07, 6.45) is 0. The summed E-state index contributed by atoms with van der Waals surface area (Å²) in [4.78, 5) is 24.4. The number of benzene rings is 2. The molecule has 3 heterocycles. The average molecular weight is 460 g/mol. The minimum Gasteiger partial charge on any atom is -0.482 e. The molecule has 8 heteroatoms. The topological polar surface area (TPSA) is 97.3 Å². The molecule has 0 saturated heterocycles. The molecule has 4 bridgehead atoms. The van der Waals surface area contributed by atoms with E-state index in [1.807, 2.05) is 0 Å².